The molecule has 3 aliphatic heterocycles. The van der Waals surface area contributed by atoms with Gasteiger partial charge in [-0.2, -0.15) is 0 Å². The molecule has 3 aliphatic rings. The van der Waals surface area contributed by atoms with E-state index < -0.39 is 29.7 Å². The van der Waals surface area contributed by atoms with E-state index >= 15 is 0 Å². The van der Waals surface area contributed by atoms with E-state index in [1.807, 2.05) is 41.4 Å². The summed E-state index contributed by atoms with van der Waals surface area (Å²) in [5.74, 6) is -1.40. The van der Waals surface area contributed by atoms with Crippen LogP contribution >= 0.6 is 0 Å². The number of pyridine rings is 2. The summed E-state index contributed by atoms with van der Waals surface area (Å²) >= 11 is 0. The van der Waals surface area contributed by atoms with Crippen LogP contribution in [0.25, 0.3) is 33.3 Å². The van der Waals surface area contributed by atoms with Gasteiger partial charge in [-0.25, -0.2) is 4.98 Å². The van der Waals surface area contributed by atoms with Crippen molar-refractivity contribution < 1.29 is 28.8 Å². The number of imidazole rings is 1. The number of piperidine rings is 1. The summed E-state index contributed by atoms with van der Waals surface area (Å²) in [5.41, 5.74) is 5.76. The molecule has 15 nitrogen and oxygen atoms in total. The van der Waals surface area contributed by atoms with Gasteiger partial charge in [0.1, 0.15) is 17.6 Å². The van der Waals surface area contributed by atoms with E-state index in [2.05, 4.69) is 32.4 Å². The largest absolute Gasteiger partial charge is 0.385 e. The highest BCUT2D eigenvalue weighted by Gasteiger charge is 2.44. The van der Waals surface area contributed by atoms with E-state index in [-0.39, 0.29) is 35.8 Å². The van der Waals surface area contributed by atoms with Crippen LogP contribution in [0.3, 0.4) is 0 Å². The van der Waals surface area contributed by atoms with Gasteiger partial charge >= 0.3 is 0 Å². The standard InChI is InChI=1S/C42H41N9O6/c1-3-36-47-38(35-23-49(24(2)52)17-18-50(35)36)28-8-6-7-25-19-33(46-22-31(25)28)26-9-12-32(45-21-26)39(54)44-16-5-4-15-43-27-10-11-29-30(20-27)42(57)51(41(29)56)34-13-14-37(53)48-40(34)55/h6-12,19-22,34,43H,3-5,13-18,23H2,1-2H3,(H,44,54)(H,48,53,55). The number of imide groups is 2. The third-order valence-corrected chi connectivity index (χ3v) is 10.8. The van der Waals surface area contributed by atoms with E-state index in [0.717, 1.165) is 62.7 Å². The second-order valence-corrected chi connectivity index (χ2v) is 14.4. The van der Waals surface area contributed by atoms with Crippen LogP contribution in [0, 0.1) is 0 Å². The minimum absolute atomic E-state index is 0.0520. The number of nitrogens with one attached hydrogen (secondary N) is 3. The third-order valence-electron chi connectivity index (χ3n) is 10.8. The number of unbranched alkanes of at least 4 members (excludes halogenated alkanes) is 1. The number of carbonyl (C=O) groups excluding carboxylic acids is 6. The summed E-state index contributed by atoms with van der Waals surface area (Å²) < 4.78 is 2.24. The van der Waals surface area contributed by atoms with Gasteiger partial charge in [-0.1, -0.05) is 25.1 Å². The van der Waals surface area contributed by atoms with Gasteiger partial charge < -0.3 is 20.1 Å². The maximum Gasteiger partial charge on any atom is 0.269 e. The number of aryl methyl sites for hydroxylation is 1. The molecule has 2 aromatic carbocycles. The quantitative estimate of drug-likeness (QED) is 0.130. The number of amides is 6. The lowest BCUT2D eigenvalue weighted by molar-refractivity contribution is -0.136. The summed E-state index contributed by atoms with van der Waals surface area (Å²) in [4.78, 5) is 92.0. The maximum atomic E-state index is 13.1. The first-order chi connectivity index (χ1) is 27.6. The number of nitrogens with zero attached hydrogens (tertiary/aromatic N) is 6. The van der Waals surface area contributed by atoms with Crippen LogP contribution in [-0.4, -0.2) is 90.4 Å². The molecule has 1 fully saturated rings. The minimum Gasteiger partial charge on any atom is -0.385 e. The van der Waals surface area contributed by atoms with Gasteiger partial charge in [0.2, 0.25) is 17.7 Å². The molecular formula is C42H41N9O6. The Kier molecular flexibility index (Phi) is 10.0. The Hall–Kier alpha value is -6.77. The molecule has 8 rings (SSSR count). The number of carbonyl (C=O) groups is 6. The SMILES string of the molecule is CCc1nc(-c2cccc3cc(-c4ccc(C(=O)NCCCCNc5ccc6c(c5)C(=O)N(C5CCC(=O)NC5=O)C6=O)nc4)ncc23)c2n1CCN(C(C)=O)C2. The van der Waals surface area contributed by atoms with Crippen molar-refractivity contribution in [1.82, 2.24) is 40.0 Å². The van der Waals surface area contributed by atoms with E-state index in [1.54, 1.807) is 37.4 Å². The summed E-state index contributed by atoms with van der Waals surface area (Å²) in [5, 5.41) is 10.3. The number of benzene rings is 2. The average molecular weight is 768 g/mol. The molecule has 3 aromatic heterocycles. The fourth-order valence-corrected chi connectivity index (χ4v) is 7.77. The number of rotatable bonds is 11. The molecule has 6 amide bonds. The molecule has 0 bridgehead atoms. The number of hydrogen-bond acceptors (Lipinski definition) is 10. The first-order valence-corrected chi connectivity index (χ1v) is 19.2. The Labute approximate surface area is 327 Å². The van der Waals surface area contributed by atoms with Gasteiger partial charge in [-0.3, -0.25) is 49.0 Å². The number of anilines is 1. The summed E-state index contributed by atoms with van der Waals surface area (Å²) in [6.45, 7) is 6.60. The van der Waals surface area contributed by atoms with Crippen molar-refractivity contribution in [3.05, 3.63) is 95.3 Å². The number of hydrogen-bond donors (Lipinski definition) is 3. The van der Waals surface area contributed by atoms with Gasteiger partial charge in [-0.05, 0) is 61.0 Å². The van der Waals surface area contributed by atoms with Crippen molar-refractivity contribution in [3.63, 3.8) is 0 Å². The highest BCUT2D eigenvalue weighted by atomic mass is 16.2. The highest BCUT2D eigenvalue weighted by Crippen LogP contribution is 2.35. The Morgan fingerprint density at radius 1 is 0.895 bits per heavy atom. The maximum absolute atomic E-state index is 13.1. The topological polar surface area (TPSA) is 189 Å². The van der Waals surface area contributed by atoms with E-state index in [4.69, 9.17) is 9.97 Å². The molecule has 6 heterocycles. The Morgan fingerprint density at radius 2 is 1.72 bits per heavy atom. The molecule has 1 saturated heterocycles. The zero-order valence-corrected chi connectivity index (χ0v) is 31.6. The van der Waals surface area contributed by atoms with Crippen LogP contribution in [0.2, 0.25) is 0 Å². The lowest BCUT2D eigenvalue weighted by Gasteiger charge is -2.28. The van der Waals surface area contributed by atoms with Crippen LogP contribution in [0.4, 0.5) is 5.69 Å². The van der Waals surface area contributed by atoms with Crippen LogP contribution in [-0.2, 0) is 33.9 Å². The Morgan fingerprint density at radius 3 is 2.49 bits per heavy atom. The van der Waals surface area contributed by atoms with Gasteiger partial charge in [-0.15, -0.1) is 0 Å². The van der Waals surface area contributed by atoms with E-state index in [0.29, 0.717) is 50.4 Å². The molecule has 0 saturated carbocycles. The number of fused-ring (bicyclic) bond motifs is 3. The van der Waals surface area contributed by atoms with E-state index in [1.165, 1.54) is 0 Å². The summed E-state index contributed by atoms with van der Waals surface area (Å²) in [6, 6.07) is 15.5. The average Bonchev–Trinajstić information content (AvgIpc) is 3.71. The van der Waals surface area contributed by atoms with Crippen molar-refractivity contribution in [2.24, 2.45) is 0 Å². The summed E-state index contributed by atoms with van der Waals surface area (Å²) in [6.07, 6.45) is 5.85. The molecule has 0 radical (unpaired) electrons. The minimum atomic E-state index is -1.01. The van der Waals surface area contributed by atoms with Crippen molar-refractivity contribution in [1.29, 1.82) is 0 Å². The Balaban J connectivity index is 0.843. The van der Waals surface area contributed by atoms with Crippen LogP contribution in [0.5, 0.6) is 0 Å². The molecule has 3 N–H and O–H groups in total. The second-order valence-electron chi connectivity index (χ2n) is 14.4. The number of aromatic nitrogens is 4. The van der Waals surface area contributed by atoms with Crippen molar-refractivity contribution in [3.8, 4) is 22.5 Å². The zero-order chi connectivity index (χ0) is 39.8. The molecule has 0 spiro atoms. The van der Waals surface area contributed by atoms with Gasteiger partial charge in [0, 0.05) is 80.5 Å². The zero-order valence-electron chi connectivity index (χ0n) is 31.6. The summed E-state index contributed by atoms with van der Waals surface area (Å²) in [7, 11) is 0. The highest BCUT2D eigenvalue weighted by molar-refractivity contribution is 6.23. The fourth-order valence-electron chi connectivity index (χ4n) is 7.77. The van der Waals surface area contributed by atoms with Crippen molar-refractivity contribution in [2.45, 2.75) is 65.1 Å². The molecule has 0 aliphatic carbocycles. The third kappa shape index (κ3) is 7.12. The van der Waals surface area contributed by atoms with Crippen LogP contribution in [0.15, 0.2) is 67.0 Å². The van der Waals surface area contributed by atoms with Gasteiger partial charge in [0.05, 0.1) is 34.8 Å². The van der Waals surface area contributed by atoms with Crippen LogP contribution < -0.4 is 16.0 Å². The van der Waals surface area contributed by atoms with Gasteiger partial charge in [0.15, 0.2) is 0 Å². The fraction of sp³-hybridized carbons (Fsp3) is 0.310. The molecule has 5 aromatic rings. The molecule has 15 heteroatoms. The predicted octanol–water partition coefficient (Wildman–Crippen LogP) is 4.11. The van der Waals surface area contributed by atoms with Crippen LogP contribution in [0.1, 0.15) is 82.3 Å². The second kappa shape index (κ2) is 15.4. The first kappa shape index (κ1) is 37.2. The smallest absolute Gasteiger partial charge is 0.269 e. The molecule has 1 atom stereocenters. The lowest BCUT2D eigenvalue weighted by Crippen LogP contribution is -2.54. The lowest BCUT2D eigenvalue weighted by atomic mass is 10.0. The monoisotopic (exact) mass is 767 g/mol. The predicted molar refractivity (Wildman–Crippen MR) is 210 cm³/mol. The molecular weight excluding hydrogens is 727 g/mol. The molecule has 290 valence electrons. The first-order valence-electron chi connectivity index (χ1n) is 19.2. The molecule has 1 unspecified atom stereocenters. The van der Waals surface area contributed by atoms with Gasteiger partial charge in [0.25, 0.3) is 17.7 Å². The molecule has 57 heavy (non-hydrogen) atoms. The Bertz CT molecular complexity index is 2480. The van der Waals surface area contributed by atoms with Crippen molar-refractivity contribution >= 4 is 51.9 Å². The normalized spacial score (nSPS) is 16.4. The van der Waals surface area contributed by atoms with Crippen molar-refractivity contribution in [2.75, 3.05) is 25.0 Å². The van der Waals surface area contributed by atoms with E-state index in [9.17, 15) is 28.8 Å².